The zero-order valence-electron chi connectivity index (χ0n) is 14.9. The molecule has 4 rings (SSSR count). The van der Waals surface area contributed by atoms with Gasteiger partial charge >= 0.3 is 0 Å². The molecule has 134 valence electrons. The maximum Gasteiger partial charge on any atom is 0.227 e. The first kappa shape index (κ1) is 17.5. The summed E-state index contributed by atoms with van der Waals surface area (Å²) in [4.78, 5) is 8.97. The quantitative estimate of drug-likeness (QED) is 0.393. The summed E-state index contributed by atoms with van der Waals surface area (Å²) >= 11 is 3.43. The number of aliphatic imine (C=N–C) groups is 1. The molecule has 0 fully saturated rings. The van der Waals surface area contributed by atoms with Crippen molar-refractivity contribution in [2.75, 3.05) is 0 Å². The standard InChI is InChI=1S/C22H17BrN2O2/c1-13-11-16(21(26)20(23)14(13)2)12-24-17-9-7-15(8-10-17)22-25-18-5-3-4-6-19(18)27-22/h3-12,26H,1-2H3. The molecule has 1 aromatic heterocycles. The number of aromatic nitrogens is 1. The molecule has 0 aliphatic carbocycles. The van der Waals surface area contributed by atoms with Crippen LogP contribution in [0.15, 0.2) is 68.5 Å². The number of aromatic hydroxyl groups is 1. The van der Waals surface area contributed by atoms with Crippen LogP contribution in [-0.2, 0) is 0 Å². The van der Waals surface area contributed by atoms with E-state index in [1.165, 1.54) is 0 Å². The largest absolute Gasteiger partial charge is 0.506 e. The number of halogens is 1. The van der Waals surface area contributed by atoms with Gasteiger partial charge in [-0.15, -0.1) is 0 Å². The van der Waals surface area contributed by atoms with E-state index in [0.717, 1.165) is 33.5 Å². The fourth-order valence-electron chi connectivity index (χ4n) is 2.82. The summed E-state index contributed by atoms with van der Waals surface area (Å²) in [6, 6.07) is 17.3. The summed E-state index contributed by atoms with van der Waals surface area (Å²) in [6.07, 6.45) is 1.67. The van der Waals surface area contributed by atoms with Gasteiger partial charge in [0.25, 0.3) is 0 Å². The molecule has 5 heteroatoms. The fourth-order valence-corrected chi connectivity index (χ4v) is 3.36. The number of aryl methyl sites for hydroxylation is 1. The van der Waals surface area contributed by atoms with E-state index in [-0.39, 0.29) is 5.75 Å². The third-order valence-electron chi connectivity index (χ3n) is 4.53. The summed E-state index contributed by atoms with van der Waals surface area (Å²) in [5.74, 6) is 0.785. The molecule has 3 aromatic carbocycles. The van der Waals surface area contributed by atoms with E-state index in [2.05, 4.69) is 25.9 Å². The van der Waals surface area contributed by atoms with Crippen LogP contribution in [0.1, 0.15) is 16.7 Å². The number of phenolic OH excluding ortho intramolecular Hbond substituents is 1. The Kier molecular flexibility index (Phi) is 4.54. The van der Waals surface area contributed by atoms with Crippen molar-refractivity contribution in [3.05, 3.63) is 75.8 Å². The topological polar surface area (TPSA) is 58.6 Å². The van der Waals surface area contributed by atoms with Crippen LogP contribution in [-0.4, -0.2) is 16.3 Å². The first-order chi connectivity index (χ1) is 13.0. The summed E-state index contributed by atoms with van der Waals surface area (Å²) in [6.45, 7) is 3.97. The molecule has 0 unspecified atom stereocenters. The van der Waals surface area contributed by atoms with Crippen molar-refractivity contribution in [1.82, 2.24) is 4.98 Å². The highest BCUT2D eigenvalue weighted by molar-refractivity contribution is 9.10. The van der Waals surface area contributed by atoms with Crippen LogP contribution in [0.4, 0.5) is 5.69 Å². The fraction of sp³-hybridized carbons (Fsp3) is 0.0909. The number of hydrogen-bond donors (Lipinski definition) is 1. The molecule has 0 saturated heterocycles. The second-order valence-corrected chi connectivity index (χ2v) is 7.16. The van der Waals surface area contributed by atoms with Gasteiger partial charge < -0.3 is 9.52 Å². The second kappa shape index (κ2) is 7.00. The summed E-state index contributed by atoms with van der Waals surface area (Å²) in [7, 11) is 0. The molecule has 0 amide bonds. The van der Waals surface area contributed by atoms with Crippen LogP contribution in [0.25, 0.3) is 22.6 Å². The molecule has 0 saturated carbocycles. The number of nitrogens with zero attached hydrogens (tertiary/aromatic N) is 2. The minimum Gasteiger partial charge on any atom is -0.506 e. The van der Waals surface area contributed by atoms with Gasteiger partial charge in [0.1, 0.15) is 11.3 Å². The van der Waals surface area contributed by atoms with Gasteiger partial charge in [-0.3, -0.25) is 4.99 Å². The molecule has 1 N–H and O–H groups in total. The Morgan fingerprint density at radius 3 is 2.56 bits per heavy atom. The van der Waals surface area contributed by atoms with E-state index < -0.39 is 0 Å². The minimum absolute atomic E-state index is 0.199. The number of oxazole rings is 1. The van der Waals surface area contributed by atoms with Crippen molar-refractivity contribution in [3.8, 4) is 17.2 Å². The monoisotopic (exact) mass is 420 g/mol. The molecule has 0 spiro atoms. The molecule has 0 aliphatic heterocycles. The van der Waals surface area contributed by atoms with Gasteiger partial charge in [0.15, 0.2) is 5.58 Å². The average molecular weight is 421 g/mol. The van der Waals surface area contributed by atoms with Crippen molar-refractivity contribution in [3.63, 3.8) is 0 Å². The van der Waals surface area contributed by atoms with E-state index in [0.29, 0.717) is 15.9 Å². The van der Waals surface area contributed by atoms with Crippen LogP contribution in [0.3, 0.4) is 0 Å². The summed E-state index contributed by atoms with van der Waals surface area (Å²) < 4.78 is 6.49. The van der Waals surface area contributed by atoms with Crippen LogP contribution in [0, 0.1) is 13.8 Å². The Hall–Kier alpha value is -2.92. The number of hydrogen-bond acceptors (Lipinski definition) is 4. The molecule has 4 nitrogen and oxygen atoms in total. The highest BCUT2D eigenvalue weighted by atomic mass is 79.9. The van der Waals surface area contributed by atoms with Gasteiger partial charge in [0.2, 0.25) is 5.89 Å². The SMILES string of the molecule is Cc1cc(C=Nc2ccc(-c3nc4ccccc4o3)cc2)c(O)c(Br)c1C. The highest BCUT2D eigenvalue weighted by Crippen LogP contribution is 2.33. The first-order valence-corrected chi connectivity index (χ1v) is 9.31. The normalized spacial score (nSPS) is 11.5. The molecular formula is C22H17BrN2O2. The van der Waals surface area contributed by atoms with Crippen LogP contribution >= 0.6 is 15.9 Å². The Morgan fingerprint density at radius 2 is 1.81 bits per heavy atom. The predicted octanol–water partition coefficient (Wildman–Crippen LogP) is 6.33. The van der Waals surface area contributed by atoms with Crippen LogP contribution < -0.4 is 0 Å². The van der Waals surface area contributed by atoms with Crippen molar-refractivity contribution < 1.29 is 9.52 Å². The first-order valence-electron chi connectivity index (χ1n) is 8.51. The van der Waals surface area contributed by atoms with Gasteiger partial charge in [-0.2, -0.15) is 0 Å². The molecule has 0 radical (unpaired) electrons. The third-order valence-corrected chi connectivity index (χ3v) is 5.51. The van der Waals surface area contributed by atoms with E-state index in [1.54, 1.807) is 6.21 Å². The second-order valence-electron chi connectivity index (χ2n) is 6.36. The number of rotatable bonds is 3. The van der Waals surface area contributed by atoms with E-state index in [1.807, 2.05) is 68.4 Å². The minimum atomic E-state index is 0.199. The number of benzene rings is 3. The van der Waals surface area contributed by atoms with E-state index in [4.69, 9.17) is 4.42 Å². The lowest BCUT2D eigenvalue weighted by atomic mass is 10.1. The van der Waals surface area contributed by atoms with Gasteiger partial charge in [-0.1, -0.05) is 12.1 Å². The Labute approximate surface area is 165 Å². The van der Waals surface area contributed by atoms with Crippen molar-refractivity contribution in [1.29, 1.82) is 0 Å². The lowest BCUT2D eigenvalue weighted by Crippen LogP contribution is -1.90. The predicted molar refractivity (Wildman–Crippen MR) is 112 cm³/mol. The zero-order chi connectivity index (χ0) is 19.0. The summed E-state index contributed by atoms with van der Waals surface area (Å²) in [5, 5.41) is 10.3. The van der Waals surface area contributed by atoms with Gasteiger partial charge in [-0.05, 0) is 83.4 Å². The van der Waals surface area contributed by atoms with Gasteiger partial charge in [-0.25, -0.2) is 4.98 Å². The van der Waals surface area contributed by atoms with E-state index >= 15 is 0 Å². The average Bonchev–Trinajstić information content (AvgIpc) is 3.13. The Balaban J connectivity index is 1.60. The molecule has 0 atom stereocenters. The molecule has 0 bridgehead atoms. The van der Waals surface area contributed by atoms with E-state index in [9.17, 15) is 5.11 Å². The van der Waals surface area contributed by atoms with Crippen molar-refractivity contribution >= 4 is 38.9 Å². The Bertz CT molecular complexity index is 1130. The molecule has 4 aromatic rings. The smallest absolute Gasteiger partial charge is 0.227 e. The lowest BCUT2D eigenvalue weighted by molar-refractivity contribution is 0.470. The maximum absolute atomic E-state index is 10.3. The Morgan fingerprint density at radius 1 is 1.07 bits per heavy atom. The third kappa shape index (κ3) is 3.38. The number of para-hydroxylation sites is 2. The van der Waals surface area contributed by atoms with Crippen LogP contribution in [0.2, 0.25) is 0 Å². The molecular weight excluding hydrogens is 404 g/mol. The van der Waals surface area contributed by atoms with Crippen molar-refractivity contribution in [2.24, 2.45) is 4.99 Å². The number of phenols is 1. The lowest BCUT2D eigenvalue weighted by Gasteiger charge is -2.08. The van der Waals surface area contributed by atoms with Gasteiger partial charge in [0, 0.05) is 17.3 Å². The molecule has 1 heterocycles. The van der Waals surface area contributed by atoms with Crippen molar-refractivity contribution in [2.45, 2.75) is 13.8 Å². The summed E-state index contributed by atoms with van der Waals surface area (Å²) in [5.41, 5.74) is 6.06. The molecule has 27 heavy (non-hydrogen) atoms. The maximum atomic E-state index is 10.3. The zero-order valence-corrected chi connectivity index (χ0v) is 16.5. The highest BCUT2D eigenvalue weighted by Gasteiger charge is 2.10. The molecule has 0 aliphatic rings. The number of fused-ring (bicyclic) bond motifs is 1. The van der Waals surface area contributed by atoms with Gasteiger partial charge in [0.05, 0.1) is 10.2 Å². The van der Waals surface area contributed by atoms with Crippen LogP contribution in [0.5, 0.6) is 5.75 Å².